The van der Waals surface area contributed by atoms with Crippen molar-refractivity contribution in [1.82, 2.24) is 5.32 Å². The van der Waals surface area contributed by atoms with Gasteiger partial charge in [0.05, 0.1) is 6.04 Å². The molecule has 0 fully saturated rings. The molecule has 2 aromatic rings. The van der Waals surface area contributed by atoms with E-state index in [1.807, 2.05) is 42.5 Å². The van der Waals surface area contributed by atoms with Crippen LogP contribution in [0.5, 0.6) is 0 Å². The second-order valence-corrected chi connectivity index (χ2v) is 3.82. The number of hydrogen-bond donors (Lipinski definition) is 3. The average Bonchev–Trinajstić information content (AvgIpc) is 2.35. The molecule has 0 heterocycles. The number of nitrogens with two attached hydrogens (primary N) is 1. The summed E-state index contributed by atoms with van der Waals surface area (Å²) >= 11 is 0. The number of carbonyl (C=O) groups excluding carboxylic acids is 1. The third-order valence-electron chi connectivity index (χ3n) is 2.75. The third-order valence-corrected chi connectivity index (χ3v) is 2.75. The van der Waals surface area contributed by atoms with Crippen molar-refractivity contribution in [1.29, 1.82) is 0 Å². The minimum atomic E-state index is -1.13. The summed E-state index contributed by atoms with van der Waals surface area (Å²) < 4.78 is 0. The van der Waals surface area contributed by atoms with E-state index in [9.17, 15) is 9.90 Å². The van der Waals surface area contributed by atoms with Crippen LogP contribution >= 0.6 is 0 Å². The molecule has 0 saturated carbocycles. The Morgan fingerprint density at radius 3 is 2.50 bits per heavy atom. The summed E-state index contributed by atoms with van der Waals surface area (Å²) in [4.78, 5) is 10.6. The molecule has 0 saturated heterocycles. The van der Waals surface area contributed by atoms with Crippen molar-refractivity contribution >= 4 is 17.2 Å². The van der Waals surface area contributed by atoms with Crippen molar-refractivity contribution in [3.8, 4) is 0 Å². The summed E-state index contributed by atoms with van der Waals surface area (Å²) in [6.07, 6.45) is -0.589. The van der Waals surface area contributed by atoms with Gasteiger partial charge in [-0.3, -0.25) is 4.79 Å². The van der Waals surface area contributed by atoms with Gasteiger partial charge in [0, 0.05) is 17.1 Å². The van der Waals surface area contributed by atoms with Crippen LogP contribution in [0.15, 0.2) is 42.5 Å². The van der Waals surface area contributed by atoms with Gasteiger partial charge in [0.2, 0.25) is 6.41 Å². The number of hydrogen-bond acceptors (Lipinski definition) is 3. The Labute approximate surface area is 116 Å². The minimum absolute atomic E-state index is 0. The second kappa shape index (κ2) is 6.52. The van der Waals surface area contributed by atoms with Crippen molar-refractivity contribution in [3.05, 3.63) is 48.0 Å². The molecule has 2 rings (SSSR count). The van der Waals surface area contributed by atoms with E-state index < -0.39 is 12.3 Å². The Balaban J connectivity index is 0.00000162. The number of carbonyl (C=O) groups is 1. The van der Waals surface area contributed by atoms with E-state index in [4.69, 9.17) is 5.73 Å². The minimum Gasteiger partial charge on any atom is -0.376 e. The van der Waals surface area contributed by atoms with Crippen molar-refractivity contribution in [2.45, 2.75) is 12.3 Å². The van der Waals surface area contributed by atoms with Gasteiger partial charge in [-0.2, -0.15) is 0 Å². The van der Waals surface area contributed by atoms with Crippen LogP contribution in [-0.4, -0.2) is 17.7 Å². The standard InChI is InChI=1S/C13H14N2O2.Cu/c14-13(17)12(15-8-16)11-7-3-5-9-4-1-2-6-10(9)11;/h1-8,12-13,17H,14H2,(H,15,16);. The number of aliphatic hydroxyl groups excluding tert-OH is 1. The Kier molecular flexibility index (Phi) is 5.31. The van der Waals surface area contributed by atoms with Crippen LogP contribution in [0.3, 0.4) is 0 Å². The van der Waals surface area contributed by atoms with Gasteiger partial charge < -0.3 is 16.2 Å². The second-order valence-electron chi connectivity index (χ2n) is 3.82. The summed E-state index contributed by atoms with van der Waals surface area (Å²) in [5, 5.41) is 14.1. The smallest absolute Gasteiger partial charge is 0.207 e. The molecule has 0 aliphatic carbocycles. The van der Waals surface area contributed by atoms with Gasteiger partial charge in [-0.15, -0.1) is 0 Å². The fourth-order valence-electron chi connectivity index (χ4n) is 1.97. The molecule has 0 aromatic heterocycles. The summed E-state index contributed by atoms with van der Waals surface area (Å²) in [7, 11) is 0. The number of nitrogens with one attached hydrogen (secondary N) is 1. The van der Waals surface area contributed by atoms with Gasteiger partial charge in [-0.25, -0.2) is 0 Å². The Morgan fingerprint density at radius 2 is 1.83 bits per heavy atom. The molecule has 4 N–H and O–H groups in total. The first-order chi connectivity index (χ1) is 8.24. The van der Waals surface area contributed by atoms with Gasteiger partial charge in [0.1, 0.15) is 6.23 Å². The van der Waals surface area contributed by atoms with Gasteiger partial charge in [0.25, 0.3) is 0 Å². The van der Waals surface area contributed by atoms with Crippen LogP contribution in [0, 0.1) is 0 Å². The summed E-state index contributed by atoms with van der Waals surface area (Å²) in [5.41, 5.74) is 6.29. The fraction of sp³-hybridized carbons (Fsp3) is 0.154. The van der Waals surface area contributed by atoms with E-state index in [1.165, 1.54) is 0 Å². The zero-order valence-electron chi connectivity index (χ0n) is 9.51. The van der Waals surface area contributed by atoms with Gasteiger partial charge in [-0.05, 0) is 16.3 Å². The SMILES string of the molecule is NC(O)C(NC=O)c1cccc2ccccc12.[Cu]. The molecule has 4 nitrogen and oxygen atoms in total. The maximum atomic E-state index is 10.6. The number of rotatable bonds is 4. The number of fused-ring (bicyclic) bond motifs is 1. The molecular weight excluding hydrogens is 280 g/mol. The van der Waals surface area contributed by atoms with Crippen LogP contribution in [0.25, 0.3) is 10.8 Å². The van der Waals surface area contributed by atoms with E-state index >= 15 is 0 Å². The monoisotopic (exact) mass is 293 g/mol. The van der Waals surface area contributed by atoms with E-state index in [2.05, 4.69) is 5.32 Å². The molecule has 0 spiro atoms. The van der Waals surface area contributed by atoms with Crippen molar-refractivity contribution in [2.24, 2.45) is 5.73 Å². The topological polar surface area (TPSA) is 75.3 Å². The molecule has 99 valence electrons. The number of amides is 1. The molecule has 1 amide bonds. The molecular formula is C13H14CuN2O2. The van der Waals surface area contributed by atoms with Gasteiger partial charge in [0.15, 0.2) is 0 Å². The first kappa shape index (κ1) is 14.7. The first-order valence-corrected chi connectivity index (χ1v) is 5.35. The summed E-state index contributed by atoms with van der Waals surface area (Å²) in [6.45, 7) is 0. The normalized spacial score (nSPS) is 13.4. The predicted octanol–water partition coefficient (Wildman–Crippen LogP) is 0.902. The van der Waals surface area contributed by atoms with Crippen LogP contribution in [0.1, 0.15) is 11.6 Å². The molecule has 2 aromatic carbocycles. The molecule has 0 aliphatic heterocycles. The van der Waals surface area contributed by atoms with Crippen LogP contribution in [-0.2, 0) is 21.9 Å². The molecule has 18 heavy (non-hydrogen) atoms. The van der Waals surface area contributed by atoms with E-state index in [1.54, 1.807) is 0 Å². The molecule has 1 radical (unpaired) electrons. The molecule has 5 heteroatoms. The number of benzene rings is 2. The van der Waals surface area contributed by atoms with Crippen LogP contribution < -0.4 is 11.1 Å². The van der Waals surface area contributed by atoms with Crippen molar-refractivity contribution in [3.63, 3.8) is 0 Å². The van der Waals surface area contributed by atoms with E-state index in [0.29, 0.717) is 6.41 Å². The van der Waals surface area contributed by atoms with E-state index in [0.717, 1.165) is 16.3 Å². The van der Waals surface area contributed by atoms with Gasteiger partial charge in [-0.1, -0.05) is 42.5 Å². The Bertz CT molecular complexity index is 526. The average molecular weight is 294 g/mol. The molecule has 0 aliphatic rings. The maximum Gasteiger partial charge on any atom is 0.207 e. The first-order valence-electron chi connectivity index (χ1n) is 5.35. The van der Waals surface area contributed by atoms with E-state index in [-0.39, 0.29) is 17.1 Å². The summed E-state index contributed by atoms with van der Waals surface area (Å²) in [5.74, 6) is 0. The predicted molar refractivity (Wildman–Crippen MR) is 66.1 cm³/mol. The van der Waals surface area contributed by atoms with Gasteiger partial charge >= 0.3 is 0 Å². The molecule has 2 atom stereocenters. The van der Waals surface area contributed by atoms with Crippen molar-refractivity contribution in [2.75, 3.05) is 0 Å². The van der Waals surface area contributed by atoms with Crippen LogP contribution in [0.4, 0.5) is 0 Å². The zero-order chi connectivity index (χ0) is 12.3. The third kappa shape index (κ3) is 2.89. The van der Waals surface area contributed by atoms with Crippen LogP contribution in [0.2, 0.25) is 0 Å². The maximum absolute atomic E-state index is 10.6. The Hall–Kier alpha value is -1.39. The molecule has 0 bridgehead atoms. The largest absolute Gasteiger partial charge is 0.376 e. The Morgan fingerprint density at radius 1 is 1.17 bits per heavy atom. The fourth-order valence-corrected chi connectivity index (χ4v) is 1.97. The zero-order valence-corrected chi connectivity index (χ0v) is 10.4. The van der Waals surface area contributed by atoms with Crippen molar-refractivity contribution < 1.29 is 27.0 Å². The quantitative estimate of drug-likeness (QED) is 0.445. The molecule has 2 unspecified atom stereocenters. The number of aliphatic hydroxyl groups is 1. The summed E-state index contributed by atoms with van der Waals surface area (Å²) in [6, 6.07) is 12.9.